The summed E-state index contributed by atoms with van der Waals surface area (Å²) in [5, 5.41) is 14.9. The van der Waals surface area contributed by atoms with Gasteiger partial charge in [0.2, 0.25) is 0 Å². The number of hydrogen-bond donors (Lipinski definition) is 3. The molecule has 11 heteroatoms. The normalized spacial score (nSPS) is 18.8. The van der Waals surface area contributed by atoms with Gasteiger partial charge < -0.3 is 20.6 Å². The Hall–Kier alpha value is -4.02. The molecule has 1 aliphatic heterocycles. The fourth-order valence-electron chi connectivity index (χ4n) is 5.08. The summed E-state index contributed by atoms with van der Waals surface area (Å²) in [5.74, 6) is -2.67. The lowest BCUT2D eigenvalue weighted by atomic mass is 9.82. The lowest BCUT2D eigenvalue weighted by Crippen LogP contribution is -2.57. The first-order valence-corrected chi connectivity index (χ1v) is 12.4. The van der Waals surface area contributed by atoms with Crippen molar-refractivity contribution >= 4 is 29.5 Å². The van der Waals surface area contributed by atoms with E-state index in [1.54, 1.807) is 0 Å². The lowest BCUT2D eigenvalue weighted by Gasteiger charge is -2.34. The number of urea groups is 1. The molecule has 2 heterocycles. The van der Waals surface area contributed by atoms with E-state index in [0.29, 0.717) is 5.56 Å². The second kappa shape index (κ2) is 11.8. The minimum absolute atomic E-state index is 0.00544. The Morgan fingerprint density at radius 2 is 1.73 bits per heavy atom. The first-order valence-electron chi connectivity index (χ1n) is 12.4. The highest BCUT2D eigenvalue weighted by Crippen LogP contribution is 2.29. The molecule has 2 aromatic rings. The third-order valence-electron chi connectivity index (χ3n) is 6.87. The van der Waals surface area contributed by atoms with Crippen LogP contribution in [0.25, 0.3) is 0 Å². The van der Waals surface area contributed by atoms with Crippen LogP contribution in [0.1, 0.15) is 48.9 Å². The molecule has 2 unspecified atom stereocenters. The smallest absolute Gasteiger partial charge is 0.323 e. The van der Waals surface area contributed by atoms with E-state index in [4.69, 9.17) is 0 Å². The minimum atomic E-state index is -1.31. The van der Waals surface area contributed by atoms with Crippen LogP contribution in [-0.2, 0) is 9.59 Å². The van der Waals surface area contributed by atoms with Gasteiger partial charge >= 0.3 is 12.0 Å². The molecule has 1 saturated carbocycles. The van der Waals surface area contributed by atoms with E-state index in [9.17, 15) is 28.7 Å². The van der Waals surface area contributed by atoms with Crippen molar-refractivity contribution in [3.05, 3.63) is 60.2 Å². The summed E-state index contributed by atoms with van der Waals surface area (Å²) in [6.07, 6.45) is 5.92. The maximum atomic E-state index is 13.7. The molecule has 1 saturated heterocycles. The van der Waals surface area contributed by atoms with Crippen LogP contribution >= 0.6 is 0 Å². The SMILES string of the molecule is O=C(O)CC(NC(=O)C1N(C(=O)Nc2cccc(F)c2)CCN1C(=O)c1ccncc1)C1CCCCC1. The zero-order valence-electron chi connectivity index (χ0n) is 20.3. The maximum Gasteiger partial charge on any atom is 0.323 e. The molecule has 2 fully saturated rings. The predicted molar refractivity (Wildman–Crippen MR) is 132 cm³/mol. The third-order valence-corrected chi connectivity index (χ3v) is 6.87. The zero-order valence-corrected chi connectivity index (χ0v) is 20.3. The number of carbonyl (C=O) groups is 4. The van der Waals surface area contributed by atoms with E-state index in [2.05, 4.69) is 15.6 Å². The summed E-state index contributed by atoms with van der Waals surface area (Å²) in [7, 11) is 0. The minimum Gasteiger partial charge on any atom is -0.481 e. The summed E-state index contributed by atoms with van der Waals surface area (Å²) < 4.78 is 13.6. The van der Waals surface area contributed by atoms with Crippen molar-refractivity contribution in [1.29, 1.82) is 0 Å². The molecule has 0 spiro atoms. The van der Waals surface area contributed by atoms with Crippen molar-refractivity contribution in [2.45, 2.75) is 50.7 Å². The Morgan fingerprint density at radius 1 is 1.03 bits per heavy atom. The first-order chi connectivity index (χ1) is 17.8. The number of halogens is 1. The van der Waals surface area contributed by atoms with Gasteiger partial charge in [-0.3, -0.25) is 24.3 Å². The fourth-order valence-corrected chi connectivity index (χ4v) is 5.08. The summed E-state index contributed by atoms with van der Waals surface area (Å²) >= 11 is 0. The Labute approximate surface area is 213 Å². The van der Waals surface area contributed by atoms with Gasteiger partial charge in [0.1, 0.15) is 5.82 Å². The quantitative estimate of drug-likeness (QED) is 0.524. The predicted octanol–water partition coefficient (Wildman–Crippen LogP) is 3.08. The van der Waals surface area contributed by atoms with E-state index in [-0.39, 0.29) is 31.1 Å². The topological polar surface area (TPSA) is 132 Å². The maximum absolute atomic E-state index is 13.7. The Kier molecular flexibility index (Phi) is 8.32. The number of nitrogens with zero attached hydrogens (tertiary/aromatic N) is 3. The Morgan fingerprint density at radius 3 is 2.41 bits per heavy atom. The van der Waals surface area contributed by atoms with Crippen LogP contribution in [0.15, 0.2) is 48.8 Å². The van der Waals surface area contributed by atoms with Crippen molar-refractivity contribution in [2.24, 2.45) is 5.92 Å². The van der Waals surface area contributed by atoms with E-state index in [1.807, 2.05) is 0 Å². The average Bonchev–Trinajstić information content (AvgIpc) is 3.34. The largest absolute Gasteiger partial charge is 0.481 e. The molecule has 4 amide bonds. The van der Waals surface area contributed by atoms with Crippen molar-refractivity contribution in [3.8, 4) is 0 Å². The van der Waals surface area contributed by atoms with Crippen LogP contribution in [0.3, 0.4) is 0 Å². The van der Waals surface area contributed by atoms with E-state index in [0.717, 1.165) is 38.2 Å². The van der Waals surface area contributed by atoms with Crippen LogP contribution in [-0.4, -0.2) is 69.0 Å². The lowest BCUT2D eigenvalue weighted by molar-refractivity contribution is -0.138. The first kappa shape index (κ1) is 26.1. The van der Waals surface area contributed by atoms with Gasteiger partial charge in [-0.2, -0.15) is 0 Å². The standard InChI is InChI=1S/C26H30FN5O5/c27-19-7-4-8-20(15-19)29-26(37)32-14-13-31(25(36)18-9-11-28-12-10-18)24(32)23(35)30-21(16-22(33)34)17-5-2-1-3-6-17/h4,7-12,15,17,21,24H,1-3,5-6,13-14,16H2,(H,29,37)(H,30,35)(H,33,34). The number of pyridine rings is 1. The van der Waals surface area contributed by atoms with Crippen LogP contribution in [0, 0.1) is 11.7 Å². The number of aliphatic carboxylic acids is 1. The van der Waals surface area contributed by atoms with Crippen LogP contribution in [0.2, 0.25) is 0 Å². The molecule has 2 aliphatic rings. The molecule has 0 radical (unpaired) electrons. The van der Waals surface area contributed by atoms with Gasteiger partial charge in [-0.25, -0.2) is 9.18 Å². The molecule has 196 valence electrons. The number of nitrogens with one attached hydrogen (secondary N) is 2. The van der Waals surface area contributed by atoms with Gasteiger partial charge in [0.25, 0.3) is 11.8 Å². The van der Waals surface area contributed by atoms with Crippen molar-refractivity contribution in [3.63, 3.8) is 0 Å². The number of aromatic nitrogens is 1. The van der Waals surface area contributed by atoms with Crippen LogP contribution in [0.4, 0.5) is 14.9 Å². The fraction of sp³-hybridized carbons (Fsp3) is 0.423. The Bertz CT molecular complexity index is 1140. The number of hydrogen-bond acceptors (Lipinski definition) is 5. The third kappa shape index (κ3) is 6.41. The van der Waals surface area contributed by atoms with Gasteiger partial charge in [0.05, 0.1) is 6.42 Å². The Balaban J connectivity index is 1.59. The summed E-state index contributed by atoms with van der Waals surface area (Å²) in [6.45, 7) is 0.145. The molecule has 1 aliphatic carbocycles. The van der Waals surface area contributed by atoms with Gasteiger partial charge in [-0.05, 0) is 49.1 Å². The van der Waals surface area contributed by atoms with Gasteiger partial charge in [0, 0.05) is 42.8 Å². The molecule has 0 bridgehead atoms. The second-order valence-corrected chi connectivity index (χ2v) is 9.35. The van der Waals surface area contributed by atoms with Crippen molar-refractivity contribution in [1.82, 2.24) is 20.1 Å². The molecular weight excluding hydrogens is 481 g/mol. The number of carboxylic acid groups (broad SMARTS) is 1. The number of carboxylic acids is 1. The molecule has 37 heavy (non-hydrogen) atoms. The van der Waals surface area contributed by atoms with Crippen molar-refractivity contribution in [2.75, 3.05) is 18.4 Å². The van der Waals surface area contributed by atoms with E-state index in [1.165, 1.54) is 52.5 Å². The molecular formula is C26H30FN5O5. The highest BCUT2D eigenvalue weighted by Gasteiger charge is 2.44. The van der Waals surface area contributed by atoms with Crippen LogP contribution < -0.4 is 10.6 Å². The van der Waals surface area contributed by atoms with Crippen LogP contribution in [0.5, 0.6) is 0 Å². The second-order valence-electron chi connectivity index (χ2n) is 9.35. The molecule has 3 N–H and O–H groups in total. The summed E-state index contributed by atoms with van der Waals surface area (Å²) in [6, 6.07) is 7.07. The number of benzene rings is 1. The summed E-state index contributed by atoms with van der Waals surface area (Å²) in [4.78, 5) is 58.1. The number of amides is 4. The molecule has 1 aromatic carbocycles. The monoisotopic (exact) mass is 511 g/mol. The number of anilines is 1. The zero-order chi connectivity index (χ0) is 26.4. The highest BCUT2D eigenvalue weighted by atomic mass is 19.1. The van der Waals surface area contributed by atoms with E-state index >= 15 is 0 Å². The molecule has 1 aromatic heterocycles. The van der Waals surface area contributed by atoms with Crippen molar-refractivity contribution < 1.29 is 28.7 Å². The average molecular weight is 512 g/mol. The molecule has 4 rings (SSSR count). The summed E-state index contributed by atoms with van der Waals surface area (Å²) in [5.41, 5.74) is 0.503. The number of rotatable bonds is 7. The highest BCUT2D eigenvalue weighted by molar-refractivity contribution is 6.00. The molecule has 10 nitrogen and oxygen atoms in total. The number of carbonyl (C=O) groups excluding carboxylic acids is 3. The van der Waals surface area contributed by atoms with Gasteiger partial charge in [0.15, 0.2) is 6.17 Å². The van der Waals surface area contributed by atoms with Gasteiger partial charge in [-0.15, -0.1) is 0 Å². The van der Waals surface area contributed by atoms with Gasteiger partial charge in [-0.1, -0.05) is 25.3 Å². The van der Waals surface area contributed by atoms with E-state index < -0.39 is 41.8 Å². The molecule has 2 atom stereocenters.